The highest BCUT2D eigenvalue weighted by Gasteiger charge is 2.19. The van der Waals surface area contributed by atoms with Crippen molar-refractivity contribution in [2.45, 2.75) is 52.0 Å². The lowest BCUT2D eigenvalue weighted by Crippen LogP contribution is -2.38. The fourth-order valence-electron chi connectivity index (χ4n) is 3.09. The van der Waals surface area contributed by atoms with Gasteiger partial charge in [0.05, 0.1) is 0 Å². The van der Waals surface area contributed by atoms with Gasteiger partial charge in [0, 0.05) is 12.6 Å². The molecule has 2 rings (SSSR count). The van der Waals surface area contributed by atoms with E-state index in [1.54, 1.807) is 0 Å². The van der Waals surface area contributed by atoms with Gasteiger partial charge in [-0.25, -0.2) is 0 Å². The minimum absolute atomic E-state index is 0.148. The average Bonchev–Trinajstić information content (AvgIpc) is 2.48. The minimum atomic E-state index is 0.148. The Hall–Kier alpha value is -0.860. The van der Waals surface area contributed by atoms with E-state index < -0.39 is 0 Å². The first-order valence-electron chi connectivity index (χ1n) is 8.18. The molecular weight excluding hydrogens is 244 g/mol. The van der Waals surface area contributed by atoms with Crippen LogP contribution in [0.5, 0.6) is 0 Å². The van der Waals surface area contributed by atoms with Gasteiger partial charge in [-0.3, -0.25) is 0 Å². The third-order valence-corrected chi connectivity index (χ3v) is 4.77. The number of nitrogens with two attached hydrogens (primary N) is 1. The van der Waals surface area contributed by atoms with Crippen LogP contribution in [0.1, 0.15) is 63.1 Å². The first-order valence-corrected chi connectivity index (χ1v) is 8.18. The molecule has 0 amide bonds. The van der Waals surface area contributed by atoms with Crippen molar-refractivity contribution in [1.29, 1.82) is 0 Å². The van der Waals surface area contributed by atoms with Crippen molar-refractivity contribution in [3.05, 3.63) is 35.4 Å². The lowest BCUT2D eigenvalue weighted by Gasteiger charge is -2.33. The summed E-state index contributed by atoms with van der Waals surface area (Å²) in [5, 5.41) is 0. The molecule has 1 heterocycles. The number of likely N-dealkylation sites (tertiary alicyclic amines) is 1. The van der Waals surface area contributed by atoms with Gasteiger partial charge in [0.25, 0.3) is 0 Å². The molecule has 0 bridgehead atoms. The molecule has 112 valence electrons. The number of nitrogens with zero attached hydrogens (tertiary/aromatic N) is 1. The molecule has 1 aromatic carbocycles. The second kappa shape index (κ2) is 7.24. The predicted molar refractivity (Wildman–Crippen MR) is 86.9 cm³/mol. The molecule has 1 fully saturated rings. The zero-order chi connectivity index (χ0) is 14.5. The van der Waals surface area contributed by atoms with Gasteiger partial charge in [0.2, 0.25) is 0 Å². The standard InChI is InChI=1S/C18H30N2/c1-4-15-9-11-20(12-10-15)13-18(19)17-7-5-16(6-8-17)14(2)3/h5-8,14-15,18H,4,9-13,19H2,1-3H3. The molecule has 0 radical (unpaired) electrons. The summed E-state index contributed by atoms with van der Waals surface area (Å²) in [4.78, 5) is 2.53. The van der Waals surface area contributed by atoms with Crippen molar-refractivity contribution < 1.29 is 0 Å². The third kappa shape index (κ3) is 4.07. The summed E-state index contributed by atoms with van der Waals surface area (Å²) in [5.41, 5.74) is 9.04. The van der Waals surface area contributed by atoms with Gasteiger partial charge < -0.3 is 10.6 Å². The molecule has 1 aromatic rings. The molecule has 0 saturated carbocycles. The maximum Gasteiger partial charge on any atom is 0.0424 e. The van der Waals surface area contributed by atoms with E-state index in [1.165, 1.54) is 43.5 Å². The van der Waals surface area contributed by atoms with Gasteiger partial charge in [0.15, 0.2) is 0 Å². The SMILES string of the molecule is CCC1CCN(CC(N)c2ccc(C(C)C)cc2)CC1. The smallest absolute Gasteiger partial charge is 0.0424 e. The fraction of sp³-hybridized carbons (Fsp3) is 0.667. The Labute approximate surface area is 124 Å². The quantitative estimate of drug-likeness (QED) is 0.881. The van der Waals surface area contributed by atoms with Crippen molar-refractivity contribution in [2.75, 3.05) is 19.6 Å². The van der Waals surface area contributed by atoms with Gasteiger partial charge in [-0.15, -0.1) is 0 Å². The molecule has 0 spiro atoms. The molecule has 1 saturated heterocycles. The minimum Gasteiger partial charge on any atom is -0.323 e. The molecule has 0 aliphatic carbocycles. The lowest BCUT2D eigenvalue weighted by molar-refractivity contribution is 0.173. The predicted octanol–water partition coefficient (Wildman–Crippen LogP) is 3.93. The Kier molecular flexibility index (Phi) is 5.62. The summed E-state index contributed by atoms with van der Waals surface area (Å²) >= 11 is 0. The number of hydrogen-bond acceptors (Lipinski definition) is 2. The van der Waals surface area contributed by atoms with Crippen molar-refractivity contribution in [3.8, 4) is 0 Å². The number of rotatable bonds is 5. The molecule has 1 aliphatic heterocycles. The van der Waals surface area contributed by atoms with E-state index in [4.69, 9.17) is 5.73 Å². The second-order valence-electron chi connectivity index (χ2n) is 6.58. The average molecular weight is 274 g/mol. The van der Waals surface area contributed by atoms with Crippen LogP contribution >= 0.6 is 0 Å². The first-order chi connectivity index (χ1) is 9.60. The van der Waals surface area contributed by atoms with Crippen LogP contribution in [0.25, 0.3) is 0 Å². The largest absolute Gasteiger partial charge is 0.323 e. The number of piperidine rings is 1. The number of hydrogen-bond donors (Lipinski definition) is 1. The zero-order valence-electron chi connectivity index (χ0n) is 13.3. The molecule has 1 atom stereocenters. The summed E-state index contributed by atoms with van der Waals surface area (Å²) in [6.45, 7) is 10.2. The van der Waals surface area contributed by atoms with Crippen molar-refractivity contribution in [1.82, 2.24) is 4.90 Å². The summed E-state index contributed by atoms with van der Waals surface area (Å²) in [6.07, 6.45) is 4.02. The van der Waals surface area contributed by atoms with Crippen LogP contribution in [0.4, 0.5) is 0 Å². The Morgan fingerprint density at radius 1 is 1.10 bits per heavy atom. The van der Waals surface area contributed by atoms with Crippen molar-refractivity contribution >= 4 is 0 Å². The van der Waals surface area contributed by atoms with Crippen LogP contribution in [0.2, 0.25) is 0 Å². The van der Waals surface area contributed by atoms with Gasteiger partial charge in [-0.2, -0.15) is 0 Å². The molecule has 2 heteroatoms. The zero-order valence-corrected chi connectivity index (χ0v) is 13.3. The summed E-state index contributed by atoms with van der Waals surface area (Å²) in [6, 6.07) is 9.01. The van der Waals surface area contributed by atoms with Crippen LogP contribution in [0.3, 0.4) is 0 Å². The monoisotopic (exact) mass is 274 g/mol. The molecule has 0 aromatic heterocycles. The van der Waals surface area contributed by atoms with Gasteiger partial charge in [0.1, 0.15) is 0 Å². The highest BCUT2D eigenvalue weighted by molar-refractivity contribution is 5.26. The highest BCUT2D eigenvalue weighted by Crippen LogP contribution is 2.22. The Morgan fingerprint density at radius 2 is 1.65 bits per heavy atom. The summed E-state index contributed by atoms with van der Waals surface area (Å²) in [7, 11) is 0. The fourth-order valence-corrected chi connectivity index (χ4v) is 3.09. The Bertz CT molecular complexity index is 388. The molecular formula is C18H30N2. The van der Waals surface area contributed by atoms with E-state index in [1.807, 2.05) is 0 Å². The topological polar surface area (TPSA) is 29.3 Å². The maximum atomic E-state index is 6.38. The van der Waals surface area contributed by atoms with E-state index in [-0.39, 0.29) is 6.04 Å². The Balaban J connectivity index is 1.87. The van der Waals surface area contributed by atoms with Crippen LogP contribution in [0, 0.1) is 5.92 Å². The lowest BCUT2D eigenvalue weighted by atomic mass is 9.93. The number of benzene rings is 1. The van der Waals surface area contributed by atoms with Crippen LogP contribution in [-0.2, 0) is 0 Å². The first kappa shape index (κ1) is 15.5. The van der Waals surface area contributed by atoms with E-state index in [9.17, 15) is 0 Å². The van der Waals surface area contributed by atoms with E-state index >= 15 is 0 Å². The van der Waals surface area contributed by atoms with E-state index in [0.717, 1.165) is 12.5 Å². The van der Waals surface area contributed by atoms with Crippen LogP contribution < -0.4 is 5.73 Å². The van der Waals surface area contributed by atoms with E-state index in [2.05, 4.69) is 49.9 Å². The second-order valence-corrected chi connectivity index (χ2v) is 6.58. The molecule has 1 aliphatic rings. The molecule has 2 nitrogen and oxygen atoms in total. The normalized spacial score (nSPS) is 19.4. The maximum absolute atomic E-state index is 6.38. The Morgan fingerprint density at radius 3 is 2.15 bits per heavy atom. The third-order valence-electron chi connectivity index (χ3n) is 4.77. The van der Waals surface area contributed by atoms with Crippen molar-refractivity contribution in [2.24, 2.45) is 11.7 Å². The summed E-state index contributed by atoms with van der Waals surface area (Å²) in [5.74, 6) is 1.53. The molecule has 2 N–H and O–H groups in total. The van der Waals surface area contributed by atoms with Gasteiger partial charge in [-0.1, -0.05) is 51.5 Å². The van der Waals surface area contributed by atoms with E-state index in [0.29, 0.717) is 5.92 Å². The van der Waals surface area contributed by atoms with Crippen molar-refractivity contribution in [3.63, 3.8) is 0 Å². The van der Waals surface area contributed by atoms with Gasteiger partial charge >= 0.3 is 0 Å². The molecule has 1 unspecified atom stereocenters. The molecule has 20 heavy (non-hydrogen) atoms. The highest BCUT2D eigenvalue weighted by atomic mass is 15.1. The van der Waals surface area contributed by atoms with Crippen LogP contribution in [0.15, 0.2) is 24.3 Å². The van der Waals surface area contributed by atoms with Crippen LogP contribution in [-0.4, -0.2) is 24.5 Å². The van der Waals surface area contributed by atoms with Gasteiger partial charge in [-0.05, 0) is 48.9 Å². The summed E-state index contributed by atoms with van der Waals surface area (Å²) < 4.78 is 0.